The number of thiazole rings is 1. The molecule has 1 unspecified atom stereocenters. The van der Waals surface area contributed by atoms with E-state index in [2.05, 4.69) is 31.1 Å². The van der Waals surface area contributed by atoms with Gasteiger partial charge in [0.1, 0.15) is 0 Å². The Morgan fingerprint density at radius 3 is 3.00 bits per heavy atom. The van der Waals surface area contributed by atoms with Crippen LogP contribution < -0.4 is 5.32 Å². The predicted molar refractivity (Wildman–Crippen MR) is 66.9 cm³/mol. The molecule has 0 radical (unpaired) electrons. The van der Waals surface area contributed by atoms with Crippen molar-refractivity contribution in [3.63, 3.8) is 0 Å². The van der Waals surface area contributed by atoms with Crippen LogP contribution in [0.2, 0.25) is 0 Å². The van der Waals surface area contributed by atoms with Gasteiger partial charge in [-0.3, -0.25) is 0 Å². The lowest BCUT2D eigenvalue weighted by Crippen LogP contribution is -2.42. The molecule has 1 aliphatic heterocycles. The van der Waals surface area contributed by atoms with Gasteiger partial charge in [0.05, 0.1) is 11.6 Å². The van der Waals surface area contributed by atoms with Crippen LogP contribution in [-0.4, -0.2) is 23.7 Å². The topological polar surface area (TPSA) is 34.2 Å². The summed E-state index contributed by atoms with van der Waals surface area (Å²) in [4.78, 5) is 5.75. The van der Waals surface area contributed by atoms with Crippen LogP contribution in [0.5, 0.6) is 0 Å². The first-order valence-corrected chi connectivity index (χ1v) is 6.68. The molecular formula is C12H20N2OS. The first-order chi connectivity index (χ1) is 7.59. The van der Waals surface area contributed by atoms with Crippen LogP contribution in [0.1, 0.15) is 43.0 Å². The van der Waals surface area contributed by atoms with E-state index in [-0.39, 0.29) is 5.54 Å². The predicted octanol–water partition coefficient (Wildman–Crippen LogP) is 2.54. The molecule has 1 fully saturated rings. The second-order valence-electron chi connectivity index (χ2n) is 5.04. The molecule has 2 rings (SSSR count). The van der Waals surface area contributed by atoms with E-state index in [1.54, 1.807) is 0 Å². The van der Waals surface area contributed by atoms with Gasteiger partial charge in [0.25, 0.3) is 0 Å². The van der Waals surface area contributed by atoms with Gasteiger partial charge in [-0.05, 0) is 13.3 Å². The third-order valence-corrected chi connectivity index (χ3v) is 4.27. The van der Waals surface area contributed by atoms with Crippen molar-refractivity contribution < 1.29 is 4.74 Å². The minimum absolute atomic E-state index is 0.155. The number of ether oxygens (including phenoxy) is 1. The zero-order valence-electron chi connectivity index (χ0n) is 10.2. The molecule has 0 aromatic carbocycles. The summed E-state index contributed by atoms with van der Waals surface area (Å²) < 4.78 is 5.42. The Hall–Kier alpha value is -0.450. The molecule has 0 spiro atoms. The largest absolute Gasteiger partial charge is 0.379 e. The molecule has 0 aliphatic carbocycles. The monoisotopic (exact) mass is 240 g/mol. The van der Waals surface area contributed by atoms with Gasteiger partial charge >= 0.3 is 0 Å². The molecule has 1 aromatic rings. The van der Waals surface area contributed by atoms with Crippen molar-refractivity contribution in [3.05, 3.63) is 16.1 Å². The summed E-state index contributed by atoms with van der Waals surface area (Å²) in [5.74, 6) is 0.532. The number of rotatable bonds is 4. The van der Waals surface area contributed by atoms with E-state index in [1.807, 2.05) is 17.5 Å². The van der Waals surface area contributed by atoms with Gasteiger partial charge in [0, 0.05) is 35.7 Å². The molecule has 1 aromatic heterocycles. The maximum Gasteiger partial charge on any atom is 0.0953 e. The normalized spacial score (nSPS) is 25.5. The van der Waals surface area contributed by atoms with E-state index in [9.17, 15) is 0 Å². The molecular weight excluding hydrogens is 220 g/mol. The first-order valence-electron chi connectivity index (χ1n) is 5.86. The number of hydrogen-bond donors (Lipinski definition) is 1. The van der Waals surface area contributed by atoms with E-state index in [0.717, 1.165) is 26.2 Å². The van der Waals surface area contributed by atoms with E-state index in [1.165, 1.54) is 9.88 Å². The number of hydrogen-bond acceptors (Lipinski definition) is 4. The summed E-state index contributed by atoms with van der Waals surface area (Å²) in [6.07, 6.45) is 3.09. The van der Waals surface area contributed by atoms with Gasteiger partial charge in [-0.15, -0.1) is 11.3 Å². The third-order valence-electron chi connectivity index (χ3n) is 2.97. The Kier molecular flexibility index (Phi) is 3.62. The van der Waals surface area contributed by atoms with Crippen molar-refractivity contribution >= 4 is 11.3 Å². The van der Waals surface area contributed by atoms with Crippen LogP contribution in [0.15, 0.2) is 6.20 Å². The first kappa shape index (κ1) is 12.0. The van der Waals surface area contributed by atoms with Gasteiger partial charge in [-0.25, -0.2) is 4.98 Å². The van der Waals surface area contributed by atoms with Gasteiger partial charge in [0.15, 0.2) is 0 Å². The van der Waals surface area contributed by atoms with Crippen molar-refractivity contribution in [2.45, 2.75) is 45.2 Å². The maximum absolute atomic E-state index is 5.42. The highest BCUT2D eigenvalue weighted by atomic mass is 32.1. The summed E-state index contributed by atoms with van der Waals surface area (Å²) in [5.41, 5.74) is 0.155. The smallest absolute Gasteiger partial charge is 0.0953 e. The van der Waals surface area contributed by atoms with E-state index in [4.69, 9.17) is 4.74 Å². The fourth-order valence-corrected chi connectivity index (χ4v) is 2.64. The minimum Gasteiger partial charge on any atom is -0.379 e. The van der Waals surface area contributed by atoms with Crippen LogP contribution in [0.3, 0.4) is 0 Å². The van der Waals surface area contributed by atoms with Crippen molar-refractivity contribution in [2.75, 3.05) is 13.2 Å². The lowest BCUT2D eigenvalue weighted by Gasteiger charge is -2.22. The van der Waals surface area contributed by atoms with Crippen LogP contribution in [0.4, 0.5) is 0 Å². The fraction of sp³-hybridized carbons (Fsp3) is 0.750. The molecule has 1 atom stereocenters. The standard InChI is InChI=1S/C12H20N2OS/c1-9(2)11-13-6-10(16-11)7-14-12(3)4-5-15-8-12/h6,9,14H,4-5,7-8H2,1-3H3. The lowest BCUT2D eigenvalue weighted by atomic mass is 10.0. The second kappa shape index (κ2) is 4.82. The Balaban J connectivity index is 1.89. The summed E-state index contributed by atoms with van der Waals surface area (Å²) in [7, 11) is 0. The van der Waals surface area contributed by atoms with Gasteiger partial charge < -0.3 is 10.1 Å². The minimum atomic E-state index is 0.155. The molecule has 4 heteroatoms. The number of nitrogens with zero attached hydrogens (tertiary/aromatic N) is 1. The fourth-order valence-electron chi connectivity index (χ4n) is 1.78. The van der Waals surface area contributed by atoms with E-state index in [0.29, 0.717) is 5.92 Å². The van der Waals surface area contributed by atoms with Crippen molar-refractivity contribution in [1.82, 2.24) is 10.3 Å². The molecule has 1 N–H and O–H groups in total. The Morgan fingerprint density at radius 1 is 1.62 bits per heavy atom. The highest BCUT2D eigenvalue weighted by Gasteiger charge is 2.28. The molecule has 0 bridgehead atoms. The molecule has 0 saturated carbocycles. The molecule has 90 valence electrons. The Labute approximate surface area is 101 Å². The van der Waals surface area contributed by atoms with Crippen molar-refractivity contribution in [1.29, 1.82) is 0 Å². The maximum atomic E-state index is 5.42. The Bertz CT molecular complexity index is 343. The molecule has 0 amide bonds. The zero-order chi connectivity index (χ0) is 11.6. The number of nitrogens with one attached hydrogen (secondary N) is 1. The van der Waals surface area contributed by atoms with Crippen molar-refractivity contribution in [2.24, 2.45) is 0 Å². The van der Waals surface area contributed by atoms with Gasteiger partial charge in [0.2, 0.25) is 0 Å². The third kappa shape index (κ3) is 2.81. The SMILES string of the molecule is CC(C)c1ncc(CNC2(C)CCOC2)s1. The molecule has 2 heterocycles. The summed E-state index contributed by atoms with van der Waals surface area (Å²) in [5, 5.41) is 4.80. The van der Waals surface area contributed by atoms with E-state index < -0.39 is 0 Å². The van der Waals surface area contributed by atoms with E-state index >= 15 is 0 Å². The van der Waals surface area contributed by atoms with Crippen LogP contribution in [0, 0.1) is 0 Å². The van der Waals surface area contributed by atoms with Crippen LogP contribution in [0.25, 0.3) is 0 Å². The molecule has 3 nitrogen and oxygen atoms in total. The van der Waals surface area contributed by atoms with Gasteiger partial charge in [-0.2, -0.15) is 0 Å². The molecule has 1 saturated heterocycles. The van der Waals surface area contributed by atoms with Gasteiger partial charge in [-0.1, -0.05) is 13.8 Å². The second-order valence-corrected chi connectivity index (χ2v) is 6.18. The highest BCUT2D eigenvalue weighted by molar-refractivity contribution is 7.11. The average Bonchev–Trinajstić information content (AvgIpc) is 2.84. The summed E-state index contributed by atoms with van der Waals surface area (Å²) in [6.45, 7) is 9.20. The molecule has 1 aliphatic rings. The van der Waals surface area contributed by atoms with Crippen LogP contribution >= 0.6 is 11.3 Å². The van der Waals surface area contributed by atoms with Crippen molar-refractivity contribution in [3.8, 4) is 0 Å². The highest BCUT2D eigenvalue weighted by Crippen LogP contribution is 2.23. The summed E-state index contributed by atoms with van der Waals surface area (Å²) in [6, 6.07) is 0. The Morgan fingerprint density at radius 2 is 2.44 bits per heavy atom. The zero-order valence-corrected chi connectivity index (χ0v) is 11.1. The average molecular weight is 240 g/mol. The number of aromatic nitrogens is 1. The quantitative estimate of drug-likeness (QED) is 0.878. The summed E-state index contributed by atoms with van der Waals surface area (Å²) >= 11 is 1.81. The molecule has 16 heavy (non-hydrogen) atoms. The van der Waals surface area contributed by atoms with Crippen LogP contribution in [-0.2, 0) is 11.3 Å². The lowest BCUT2D eigenvalue weighted by molar-refractivity contribution is 0.171.